The zero-order valence-corrected chi connectivity index (χ0v) is 16.9. The molecule has 2 aromatic rings. The molecule has 2 saturated heterocycles. The number of hydrogen-bond acceptors (Lipinski definition) is 5. The Balaban J connectivity index is 1.39. The van der Waals surface area contributed by atoms with E-state index in [4.69, 9.17) is 4.98 Å². The molecule has 0 atom stereocenters. The fourth-order valence-electron chi connectivity index (χ4n) is 4.61. The van der Waals surface area contributed by atoms with Crippen LogP contribution in [0.1, 0.15) is 37.2 Å². The van der Waals surface area contributed by atoms with Crippen molar-refractivity contribution in [1.29, 1.82) is 0 Å². The number of piperidine rings is 2. The highest BCUT2D eigenvalue weighted by atomic mass is 15.2. The topological polar surface area (TPSA) is 50.1 Å². The minimum Gasteiger partial charge on any atom is -0.330 e. The molecule has 2 aliphatic rings. The van der Waals surface area contributed by atoms with Crippen molar-refractivity contribution >= 4 is 0 Å². The van der Waals surface area contributed by atoms with Crippen LogP contribution in [0.15, 0.2) is 18.6 Å². The number of aromatic nitrogens is 4. The van der Waals surface area contributed by atoms with E-state index in [0.29, 0.717) is 5.92 Å². The molecule has 0 bridgehead atoms. The fraction of sp³-hybridized carbons (Fsp3) is 0.667. The van der Waals surface area contributed by atoms with E-state index in [-0.39, 0.29) is 0 Å². The summed E-state index contributed by atoms with van der Waals surface area (Å²) in [6, 6.07) is 0.798. The predicted molar refractivity (Wildman–Crippen MR) is 107 cm³/mol. The quantitative estimate of drug-likeness (QED) is 0.830. The summed E-state index contributed by atoms with van der Waals surface area (Å²) in [5, 5.41) is 0. The number of imidazole rings is 1. The van der Waals surface area contributed by atoms with E-state index in [2.05, 4.69) is 38.4 Å². The van der Waals surface area contributed by atoms with E-state index in [0.717, 1.165) is 35.4 Å². The van der Waals surface area contributed by atoms with E-state index in [1.807, 2.05) is 19.3 Å². The van der Waals surface area contributed by atoms with Crippen molar-refractivity contribution in [1.82, 2.24) is 29.3 Å². The molecule has 0 amide bonds. The van der Waals surface area contributed by atoms with Crippen LogP contribution in [-0.2, 0) is 13.5 Å². The van der Waals surface area contributed by atoms with Gasteiger partial charge in [0.2, 0.25) is 0 Å². The van der Waals surface area contributed by atoms with Crippen LogP contribution in [0.2, 0.25) is 0 Å². The van der Waals surface area contributed by atoms with Crippen LogP contribution in [0.4, 0.5) is 0 Å². The molecule has 4 rings (SSSR count). The summed E-state index contributed by atoms with van der Waals surface area (Å²) in [5.74, 6) is 1.71. The van der Waals surface area contributed by atoms with Crippen molar-refractivity contribution < 1.29 is 0 Å². The number of aryl methyl sites for hydroxylation is 1. The van der Waals surface area contributed by atoms with Gasteiger partial charge in [-0.3, -0.25) is 9.97 Å². The summed E-state index contributed by atoms with van der Waals surface area (Å²) in [6.45, 7) is 6.99. The van der Waals surface area contributed by atoms with Crippen LogP contribution in [-0.4, -0.2) is 68.6 Å². The molecule has 2 aromatic heterocycles. The largest absolute Gasteiger partial charge is 0.330 e. The molecular weight excluding hydrogens is 336 g/mol. The van der Waals surface area contributed by atoms with Crippen molar-refractivity contribution in [3.05, 3.63) is 30.1 Å². The fourth-order valence-corrected chi connectivity index (χ4v) is 4.61. The van der Waals surface area contributed by atoms with E-state index in [1.165, 1.54) is 51.9 Å². The molecule has 0 aliphatic carbocycles. The summed E-state index contributed by atoms with van der Waals surface area (Å²) in [5.41, 5.74) is 3.19. The zero-order chi connectivity index (χ0) is 18.8. The van der Waals surface area contributed by atoms with Gasteiger partial charge in [0.25, 0.3) is 0 Å². The highest BCUT2D eigenvalue weighted by molar-refractivity contribution is 5.57. The minimum absolute atomic E-state index is 0.706. The normalized spacial score (nSPS) is 21.0. The van der Waals surface area contributed by atoms with Crippen molar-refractivity contribution in [2.24, 2.45) is 13.0 Å². The van der Waals surface area contributed by atoms with Crippen LogP contribution in [0.25, 0.3) is 11.4 Å². The van der Waals surface area contributed by atoms with Crippen molar-refractivity contribution in [2.75, 3.05) is 33.2 Å². The molecular formula is C21H32N6. The number of likely N-dealkylation sites (tertiary alicyclic amines) is 2. The Hall–Kier alpha value is -1.79. The Morgan fingerprint density at radius 1 is 0.926 bits per heavy atom. The summed E-state index contributed by atoms with van der Waals surface area (Å²) in [7, 11) is 4.29. The monoisotopic (exact) mass is 368 g/mol. The van der Waals surface area contributed by atoms with Gasteiger partial charge in [-0.05, 0) is 78.2 Å². The molecule has 0 unspecified atom stereocenters. The lowest BCUT2D eigenvalue weighted by molar-refractivity contribution is 0.0854. The summed E-state index contributed by atoms with van der Waals surface area (Å²) in [4.78, 5) is 19.0. The Labute approximate surface area is 162 Å². The van der Waals surface area contributed by atoms with Crippen molar-refractivity contribution in [2.45, 2.75) is 45.1 Å². The molecule has 0 N–H and O–H groups in total. The van der Waals surface area contributed by atoms with Gasteiger partial charge in [0.1, 0.15) is 11.5 Å². The van der Waals surface area contributed by atoms with E-state index < -0.39 is 0 Å². The lowest BCUT2D eigenvalue weighted by Gasteiger charge is -2.41. The van der Waals surface area contributed by atoms with Gasteiger partial charge in [0.05, 0.1) is 17.6 Å². The van der Waals surface area contributed by atoms with Gasteiger partial charge in [0, 0.05) is 25.5 Å². The smallest absolute Gasteiger partial charge is 0.110 e. The second-order valence-corrected chi connectivity index (χ2v) is 8.32. The molecule has 6 nitrogen and oxygen atoms in total. The molecule has 146 valence electrons. The van der Waals surface area contributed by atoms with Gasteiger partial charge in [-0.15, -0.1) is 0 Å². The Morgan fingerprint density at radius 3 is 2.30 bits per heavy atom. The van der Waals surface area contributed by atoms with Crippen LogP contribution in [0.3, 0.4) is 0 Å². The average molecular weight is 369 g/mol. The van der Waals surface area contributed by atoms with Crippen molar-refractivity contribution in [3.63, 3.8) is 0 Å². The van der Waals surface area contributed by atoms with Gasteiger partial charge in [-0.2, -0.15) is 0 Å². The van der Waals surface area contributed by atoms with Gasteiger partial charge in [-0.25, -0.2) is 4.98 Å². The highest BCUT2D eigenvalue weighted by Gasteiger charge is 2.28. The first-order chi connectivity index (χ1) is 13.1. The minimum atomic E-state index is 0.706. The van der Waals surface area contributed by atoms with Crippen LogP contribution < -0.4 is 0 Å². The van der Waals surface area contributed by atoms with E-state index >= 15 is 0 Å². The maximum atomic E-state index is 4.69. The summed E-state index contributed by atoms with van der Waals surface area (Å²) < 4.78 is 2.11. The molecule has 0 aromatic carbocycles. The van der Waals surface area contributed by atoms with Crippen LogP contribution in [0.5, 0.6) is 0 Å². The van der Waals surface area contributed by atoms with Gasteiger partial charge in [-0.1, -0.05) is 0 Å². The standard InChI is InChI=1S/C21H32N6/c1-16-24-15-20(26(16)3)21-19(22-8-9-23-21)14-17-4-12-27(13-5-17)18-6-10-25(2)11-7-18/h8-9,15,17-18H,4-7,10-14H2,1-3H3. The van der Waals surface area contributed by atoms with E-state index in [1.54, 1.807) is 6.20 Å². The number of hydrogen-bond donors (Lipinski definition) is 0. The lowest BCUT2D eigenvalue weighted by Crippen LogP contribution is -2.47. The van der Waals surface area contributed by atoms with Crippen LogP contribution >= 0.6 is 0 Å². The first-order valence-electron chi connectivity index (χ1n) is 10.3. The third-order valence-corrected chi connectivity index (χ3v) is 6.57. The molecule has 4 heterocycles. The third-order valence-electron chi connectivity index (χ3n) is 6.57. The van der Waals surface area contributed by atoms with E-state index in [9.17, 15) is 0 Å². The second kappa shape index (κ2) is 8.07. The summed E-state index contributed by atoms with van der Waals surface area (Å²) in [6.07, 6.45) is 11.8. The zero-order valence-electron chi connectivity index (χ0n) is 16.9. The van der Waals surface area contributed by atoms with Gasteiger partial charge in [0.15, 0.2) is 0 Å². The first kappa shape index (κ1) is 18.6. The van der Waals surface area contributed by atoms with Gasteiger partial charge < -0.3 is 14.4 Å². The molecule has 27 heavy (non-hydrogen) atoms. The van der Waals surface area contributed by atoms with Crippen LogP contribution in [0, 0.1) is 12.8 Å². The van der Waals surface area contributed by atoms with Gasteiger partial charge >= 0.3 is 0 Å². The Kier molecular flexibility index (Phi) is 5.55. The van der Waals surface area contributed by atoms with Crippen molar-refractivity contribution in [3.8, 4) is 11.4 Å². The maximum absolute atomic E-state index is 4.69. The molecule has 0 radical (unpaired) electrons. The average Bonchev–Trinajstić information content (AvgIpc) is 3.02. The number of nitrogens with zero attached hydrogens (tertiary/aromatic N) is 6. The number of rotatable bonds is 4. The molecule has 0 spiro atoms. The highest BCUT2D eigenvalue weighted by Crippen LogP contribution is 2.28. The first-order valence-corrected chi connectivity index (χ1v) is 10.3. The Morgan fingerprint density at radius 2 is 1.63 bits per heavy atom. The molecule has 0 saturated carbocycles. The predicted octanol–water partition coefficient (Wildman–Crippen LogP) is 2.53. The Bertz CT molecular complexity index is 754. The molecule has 6 heteroatoms. The molecule has 2 aliphatic heterocycles. The lowest BCUT2D eigenvalue weighted by atomic mass is 9.89. The summed E-state index contributed by atoms with van der Waals surface area (Å²) >= 11 is 0. The third kappa shape index (κ3) is 4.06. The second-order valence-electron chi connectivity index (χ2n) is 8.32. The maximum Gasteiger partial charge on any atom is 0.110 e. The SMILES string of the molecule is Cc1ncc(-c2nccnc2CC2CCN(C3CCN(C)CC3)CC2)n1C. The molecule has 2 fully saturated rings.